The van der Waals surface area contributed by atoms with Crippen molar-refractivity contribution in [1.29, 1.82) is 0 Å². The Morgan fingerprint density at radius 3 is 1.88 bits per heavy atom. The van der Waals surface area contributed by atoms with Crippen LogP contribution in [0, 0.1) is 0 Å². The standard InChI is InChI=1S/C52H33GeN3S/c1-4-17-34(18-5-1)52-54-49(48-50(55-52)41-26-10-13-28-43(41)53(48,36-20-6-2-7-21-36)37-22-8-3-9-23-37)35-19-16-24-38(33-35)56-44-29-14-11-27-42(44)47-45(56)32-31-40-39-25-12-15-30-46(39)57-51(40)47/h1-33H. The van der Waals surface area contributed by atoms with Gasteiger partial charge in [0.2, 0.25) is 0 Å². The topological polar surface area (TPSA) is 30.7 Å². The number of thiophene rings is 1. The Kier molecular flexibility index (Phi) is 7.28. The second-order valence-corrected chi connectivity index (χ2v) is 23.7. The van der Waals surface area contributed by atoms with Gasteiger partial charge >= 0.3 is 326 Å². The molecule has 3 nitrogen and oxygen atoms in total. The maximum absolute atomic E-state index is 5.65. The molecule has 0 saturated heterocycles. The van der Waals surface area contributed by atoms with Crippen LogP contribution >= 0.6 is 11.3 Å². The van der Waals surface area contributed by atoms with Crippen molar-refractivity contribution < 1.29 is 0 Å². The normalized spacial score (nSPS) is 13.1. The van der Waals surface area contributed by atoms with Gasteiger partial charge in [-0.2, -0.15) is 0 Å². The third kappa shape index (κ3) is 4.72. The van der Waals surface area contributed by atoms with Crippen molar-refractivity contribution in [1.82, 2.24) is 14.5 Å². The molecule has 0 fully saturated rings. The summed E-state index contributed by atoms with van der Waals surface area (Å²) in [5.74, 6) is 0.743. The number of benzene rings is 8. The summed E-state index contributed by atoms with van der Waals surface area (Å²) >= 11 is -1.83. The summed E-state index contributed by atoms with van der Waals surface area (Å²) in [7, 11) is 0. The molecule has 0 amide bonds. The molecule has 0 bridgehead atoms. The summed E-state index contributed by atoms with van der Waals surface area (Å²) in [6.45, 7) is 0. The van der Waals surface area contributed by atoms with Gasteiger partial charge in [-0.25, -0.2) is 0 Å². The summed E-state index contributed by atoms with van der Waals surface area (Å²) in [6.07, 6.45) is 0. The van der Waals surface area contributed by atoms with Crippen molar-refractivity contribution in [3.63, 3.8) is 0 Å². The summed E-state index contributed by atoms with van der Waals surface area (Å²) in [5, 5.41) is 5.20. The second-order valence-electron chi connectivity index (χ2n) is 14.9. The number of hydrogen-bond donors (Lipinski definition) is 0. The summed E-state index contributed by atoms with van der Waals surface area (Å²) < 4.78 is 10.5. The number of hydrogen-bond acceptors (Lipinski definition) is 3. The van der Waals surface area contributed by atoms with E-state index >= 15 is 0 Å². The Morgan fingerprint density at radius 2 is 1.09 bits per heavy atom. The van der Waals surface area contributed by atoms with Crippen LogP contribution in [0.15, 0.2) is 200 Å². The van der Waals surface area contributed by atoms with Crippen LogP contribution in [0.3, 0.4) is 0 Å². The van der Waals surface area contributed by atoms with E-state index in [0.717, 1.165) is 34.0 Å². The molecule has 1 aliphatic rings. The maximum atomic E-state index is 5.65. The molecule has 0 unspecified atom stereocenters. The van der Waals surface area contributed by atoms with Crippen molar-refractivity contribution in [2.75, 3.05) is 0 Å². The average Bonchev–Trinajstić information content (AvgIpc) is 3.94. The molecule has 0 spiro atoms. The van der Waals surface area contributed by atoms with Crippen LogP contribution in [0.1, 0.15) is 0 Å². The van der Waals surface area contributed by atoms with Gasteiger partial charge in [-0.15, -0.1) is 0 Å². The van der Waals surface area contributed by atoms with Gasteiger partial charge in [-0.3, -0.25) is 0 Å². The monoisotopic (exact) mass is 805 g/mol. The Hall–Kier alpha value is -6.60. The molecule has 12 rings (SSSR count). The zero-order valence-electron chi connectivity index (χ0n) is 30.8. The van der Waals surface area contributed by atoms with E-state index < -0.39 is 13.3 Å². The van der Waals surface area contributed by atoms with E-state index in [2.05, 4.69) is 205 Å². The van der Waals surface area contributed by atoms with Crippen molar-refractivity contribution in [3.8, 4) is 39.6 Å². The fourth-order valence-corrected chi connectivity index (χ4v) is 21.8. The summed E-state index contributed by atoms with van der Waals surface area (Å²) in [4.78, 5) is 11.2. The van der Waals surface area contributed by atoms with Crippen LogP contribution in [0.5, 0.6) is 0 Å². The van der Waals surface area contributed by atoms with Crippen molar-refractivity contribution in [2.24, 2.45) is 0 Å². The van der Waals surface area contributed by atoms with Crippen LogP contribution in [-0.4, -0.2) is 27.8 Å². The molecule has 0 radical (unpaired) electrons. The molecular weight excluding hydrogens is 771 g/mol. The predicted octanol–water partition coefficient (Wildman–Crippen LogP) is 10.6. The molecule has 0 saturated carbocycles. The molecular formula is C52H33GeN3S. The Bertz CT molecular complexity index is 3310. The number of rotatable bonds is 5. The fourth-order valence-electron chi connectivity index (χ4n) is 9.54. The third-order valence-electron chi connectivity index (χ3n) is 11.9. The zero-order valence-corrected chi connectivity index (χ0v) is 33.7. The average molecular weight is 805 g/mol. The van der Waals surface area contributed by atoms with Crippen LogP contribution in [0.4, 0.5) is 0 Å². The van der Waals surface area contributed by atoms with E-state index in [1.807, 2.05) is 11.3 Å². The van der Waals surface area contributed by atoms with E-state index in [9.17, 15) is 0 Å². The third-order valence-corrected chi connectivity index (χ3v) is 23.3. The molecule has 3 aromatic heterocycles. The Morgan fingerprint density at radius 1 is 0.456 bits per heavy atom. The first-order chi connectivity index (χ1) is 28.3. The van der Waals surface area contributed by atoms with Crippen molar-refractivity contribution >= 4 is 84.2 Å². The quantitative estimate of drug-likeness (QED) is 0.162. The van der Waals surface area contributed by atoms with Gasteiger partial charge in [0.25, 0.3) is 0 Å². The summed E-state index contributed by atoms with van der Waals surface area (Å²) in [5.41, 5.74) is 8.89. The molecule has 0 aliphatic carbocycles. The number of para-hydroxylation sites is 1. The SMILES string of the molecule is c1ccc(-c2nc(-c3cccc(-n4c5ccccc5c5c6sc7ccccc7c6ccc54)c3)[c]3c(n2)-c2cccc[c]2[Ge]3([c]2ccccc2)[c]2ccccc2)cc1. The minimum absolute atomic E-state index is 0.743. The van der Waals surface area contributed by atoms with E-state index in [1.165, 1.54) is 65.1 Å². The minimum atomic E-state index is -3.72. The number of nitrogens with zero attached hydrogens (tertiary/aromatic N) is 3. The van der Waals surface area contributed by atoms with Gasteiger partial charge in [0.1, 0.15) is 0 Å². The number of fused-ring (bicyclic) bond motifs is 10. The van der Waals surface area contributed by atoms with Gasteiger partial charge < -0.3 is 0 Å². The second kappa shape index (κ2) is 12.7. The van der Waals surface area contributed by atoms with E-state index in [1.54, 1.807) is 0 Å². The molecule has 8 aromatic carbocycles. The van der Waals surface area contributed by atoms with Gasteiger partial charge in [-0.1, -0.05) is 12.1 Å². The van der Waals surface area contributed by atoms with Crippen LogP contribution in [0.25, 0.3) is 81.6 Å². The Balaban J connectivity index is 1.18. The molecule has 1 aliphatic heterocycles. The first-order valence-corrected chi connectivity index (χ1v) is 24.4. The van der Waals surface area contributed by atoms with Crippen molar-refractivity contribution in [3.05, 3.63) is 200 Å². The van der Waals surface area contributed by atoms with Crippen LogP contribution in [-0.2, 0) is 0 Å². The van der Waals surface area contributed by atoms with E-state index in [-0.39, 0.29) is 0 Å². The molecule has 4 heterocycles. The van der Waals surface area contributed by atoms with E-state index in [4.69, 9.17) is 9.97 Å². The number of aromatic nitrogens is 3. The zero-order chi connectivity index (χ0) is 37.5. The van der Waals surface area contributed by atoms with E-state index in [0.29, 0.717) is 0 Å². The van der Waals surface area contributed by atoms with Crippen molar-refractivity contribution in [2.45, 2.75) is 0 Å². The Labute approximate surface area is 336 Å². The molecule has 11 aromatic rings. The molecule has 0 N–H and O–H groups in total. The molecule has 5 heteroatoms. The van der Waals surface area contributed by atoms with Gasteiger partial charge in [0.05, 0.1) is 0 Å². The van der Waals surface area contributed by atoms with Crippen LogP contribution in [0.2, 0.25) is 0 Å². The van der Waals surface area contributed by atoms with Gasteiger partial charge in [0.15, 0.2) is 0 Å². The van der Waals surface area contributed by atoms with Crippen LogP contribution < -0.4 is 17.6 Å². The first-order valence-electron chi connectivity index (χ1n) is 19.4. The molecule has 0 atom stereocenters. The van der Waals surface area contributed by atoms with Gasteiger partial charge in [0, 0.05) is 0 Å². The van der Waals surface area contributed by atoms with Gasteiger partial charge in [-0.05, 0) is 0 Å². The predicted molar refractivity (Wildman–Crippen MR) is 243 cm³/mol. The molecule has 266 valence electrons. The first kappa shape index (κ1) is 32.6. The summed E-state index contributed by atoms with van der Waals surface area (Å²) in [6, 6.07) is 73.3. The fraction of sp³-hybridized carbons (Fsp3) is 0. The molecule has 57 heavy (non-hydrogen) atoms.